The van der Waals surface area contributed by atoms with Crippen molar-refractivity contribution in [1.82, 2.24) is 5.32 Å². The van der Waals surface area contributed by atoms with Crippen LogP contribution in [0.2, 0.25) is 0 Å². The predicted molar refractivity (Wildman–Crippen MR) is 81.7 cm³/mol. The van der Waals surface area contributed by atoms with Gasteiger partial charge in [-0.2, -0.15) is 11.8 Å². The highest BCUT2D eigenvalue weighted by atomic mass is 32.2. The zero-order valence-corrected chi connectivity index (χ0v) is 13.3. The third kappa shape index (κ3) is 3.81. The molecule has 0 amide bonds. The average molecular weight is 300 g/mol. The van der Waals surface area contributed by atoms with Crippen LogP contribution in [0, 0.1) is 5.41 Å². The van der Waals surface area contributed by atoms with Gasteiger partial charge in [-0.3, -0.25) is 0 Å². The highest BCUT2D eigenvalue weighted by Gasteiger charge is 2.53. The molecule has 0 bridgehead atoms. The van der Waals surface area contributed by atoms with E-state index in [-0.39, 0.29) is 11.4 Å². The molecule has 1 fully saturated rings. The van der Waals surface area contributed by atoms with Crippen molar-refractivity contribution in [3.63, 3.8) is 0 Å². The van der Waals surface area contributed by atoms with Gasteiger partial charge in [0, 0.05) is 17.2 Å². The molecule has 6 nitrogen and oxygen atoms in total. The number of hydrogen-bond donors (Lipinski definition) is 1. The van der Waals surface area contributed by atoms with Crippen molar-refractivity contribution in [3.8, 4) is 0 Å². The van der Waals surface area contributed by atoms with E-state index in [9.17, 15) is 4.79 Å². The molecule has 1 rings (SSSR count). The number of hydrogen-bond acceptors (Lipinski definition) is 5. The summed E-state index contributed by atoms with van der Waals surface area (Å²) in [6.07, 6.45) is 1.69. The molecular formula is C13H24N4O2S. The second kappa shape index (κ2) is 7.76. The van der Waals surface area contributed by atoms with E-state index < -0.39 is 5.54 Å². The molecule has 114 valence electrons. The van der Waals surface area contributed by atoms with Gasteiger partial charge in [0.15, 0.2) is 0 Å². The molecule has 0 aromatic rings. The van der Waals surface area contributed by atoms with Gasteiger partial charge in [-0.1, -0.05) is 19.0 Å². The first-order chi connectivity index (χ1) is 9.50. The third-order valence-corrected chi connectivity index (χ3v) is 5.02. The molecule has 0 radical (unpaired) electrons. The Morgan fingerprint density at radius 1 is 1.55 bits per heavy atom. The Kier molecular flexibility index (Phi) is 6.65. The van der Waals surface area contributed by atoms with Gasteiger partial charge in [0.25, 0.3) is 0 Å². The molecule has 1 heterocycles. The number of nitrogens with zero attached hydrogens (tertiary/aromatic N) is 3. The van der Waals surface area contributed by atoms with Gasteiger partial charge < -0.3 is 10.1 Å². The van der Waals surface area contributed by atoms with Crippen molar-refractivity contribution in [2.75, 3.05) is 31.2 Å². The maximum atomic E-state index is 12.5. The maximum absolute atomic E-state index is 12.5. The van der Waals surface area contributed by atoms with Crippen LogP contribution in [-0.4, -0.2) is 42.7 Å². The van der Waals surface area contributed by atoms with Gasteiger partial charge in [0.2, 0.25) is 0 Å². The van der Waals surface area contributed by atoms with Crippen LogP contribution in [0.25, 0.3) is 10.4 Å². The van der Waals surface area contributed by atoms with E-state index in [0.717, 1.165) is 17.9 Å². The van der Waals surface area contributed by atoms with E-state index in [4.69, 9.17) is 10.3 Å². The summed E-state index contributed by atoms with van der Waals surface area (Å²) in [4.78, 5) is 15.2. The molecule has 1 N–H and O–H groups in total. The topological polar surface area (TPSA) is 87.1 Å². The van der Waals surface area contributed by atoms with Gasteiger partial charge in [0.05, 0.1) is 6.61 Å². The largest absolute Gasteiger partial charge is 0.465 e. The van der Waals surface area contributed by atoms with Crippen molar-refractivity contribution < 1.29 is 9.53 Å². The van der Waals surface area contributed by atoms with Crippen molar-refractivity contribution in [2.45, 2.75) is 39.2 Å². The standard InChI is InChI=1S/C13H24N4O2S/c1-4-19-11(18)13(15-7-5-8-16-17-14)10-20-9-6-12(13,2)3/h15H,4-10H2,1-3H3. The lowest BCUT2D eigenvalue weighted by Crippen LogP contribution is -2.65. The lowest BCUT2D eigenvalue weighted by Gasteiger charge is -2.48. The highest BCUT2D eigenvalue weighted by Crippen LogP contribution is 2.43. The summed E-state index contributed by atoms with van der Waals surface area (Å²) in [7, 11) is 0. The number of ether oxygens (including phenoxy) is 1. The second-order valence-corrected chi connectivity index (χ2v) is 6.65. The first-order valence-electron chi connectivity index (χ1n) is 7.01. The van der Waals surface area contributed by atoms with Crippen LogP contribution in [-0.2, 0) is 9.53 Å². The van der Waals surface area contributed by atoms with E-state index in [1.165, 1.54) is 0 Å². The van der Waals surface area contributed by atoms with Crippen LogP contribution in [0.3, 0.4) is 0 Å². The minimum atomic E-state index is -0.651. The quantitative estimate of drug-likeness (QED) is 0.257. The normalized spacial score (nSPS) is 24.8. The minimum absolute atomic E-state index is 0.150. The number of azide groups is 1. The maximum Gasteiger partial charge on any atom is 0.327 e. The lowest BCUT2D eigenvalue weighted by atomic mass is 9.70. The molecule has 1 unspecified atom stereocenters. The summed E-state index contributed by atoms with van der Waals surface area (Å²) in [6, 6.07) is 0. The van der Waals surface area contributed by atoms with Crippen LogP contribution in [0.5, 0.6) is 0 Å². The lowest BCUT2D eigenvalue weighted by molar-refractivity contribution is -0.156. The number of carbonyl (C=O) groups excluding carboxylic acids is 1. The number of esters is 1. The first-order valence-corrected chi connectivity index (χ1v) is 8.16. The van der Waals surface area contributed by atoms with E-state index in [1.807, 2.05) is 6.92 Å². The second-order valence-electron chi connectivity index (χ2n) is 5.55. The molecule has 0 spiro atoms. The molecule has 1 saturated heterocycles. The fourth-order valence-electron chi connectivity index (χ4n) is 2.41. The third-order valence-electron chi connectivity index (χ3n) is 3.89. The Hall–Kier alpha value is -0.910. The molecule has 1 aliphatic rings. The van der Waals surface area contributed by atoms with E-state index in [0.29, 0.717) is 26.1 Å². The smallest absolute Gasteiger partial charge is 0.327 e. The summed E-state index contributed by atoms with van der Waals surface area (Å²) in [6.45, 7) is 7.53. The van der Waals surface area contributed by atoms with Crippen molar-refractivity contribution in [3.05, 3.63) is 10.4 Å². The van der Waals surface area contributed by atoms with Crippen LogP contribution in [0.15, 0.2) is 5.11 Å². The number of thioether (sulfide) groups is 1. The summed E-state index contributed by atoms with van der Waals surface area (Å²) < 4.78 is 5.30. The van der Waals surface area contributed by atoms with Crippen molar-refractivity contribution in [1.29, 1.82) is 0 Å². The van der Waals surface area contributed by atoms with Gasteiger partial charge >= 0.3 is 5.97 Å². The van der Waals surface area contributed by atoms with Gasteiger partial charge in [0.1, 0.15) is 5.54 Å². The summed E-state index contributed by atoms with van der Waals surface area (Å²) in [5.41, 5.74) is 7.47. The minimum Gasteiger partial charge on any atom is -0.465 e. The number of carbonyl (C=O) groups is 1. The molecule has 0 aliphatic carbocycles. The summed E-state index contributed by atoms with van der Waals surface area (Å²) in [5, 5.41) is 6.90. The fourth-order valence-corrected chi connectivity index (χ4v) is 4.13. The Morgan fingerprint density at radius 3 is 2.90 bits per heavy atom. The number of nitrogens with one attached hydrogen (secondary N) is 1. The molecule has 1 aliphatic heterocycles. The summed E-state index contributed by atoms with van der Waals surface area (Å²) >= 11 is 1.78. The monoisotopic (exact) mass is 300 g/mol. The predicted octanol–water partition coefficient (Wildman–Crippen LogP) is 2.74. The fraction of sp³-hybridized carbons (Fsp3) is 0.923. The van der Waals surface area contributed by atoms with Crippen LogP contribution in [0.4, 0.5) is 0 Å². The molecule has 1 atom stereocenters. The zero-order chi connectivity index (χ0) is 15.1. The van der Waals surface area contributed by atoms with E-state index in [2.05, 4.69) is 29.2 Å². The Balaban J connectivity index is 2.78. The molecule has 0 saturated carbocycles. The van der Waals surface area contributed by atoms with Crippen LogP contribution >= 0.6 is 11.8 Å². The Bertz CT molecular complexity index is 383. The van der Waals surface area contributed by atoms with Crippen molar-refractivity contribution >= 4 is 17.7 Å². The Labute approximate surface area is 124 Å². The Morgan fingerprint density at radius 2 is 2.30 bits per heavy atom. The first kappa shape index (κ1) is 17.1. The van der Waals surface area contributed by atoms with E-state index >= 15 is 0 Å². The molecule has 0 aromatic heterocycles. The molecule has 7 heteroatoms. The van der Waals surface area contributed by atoms with Gasteiger partial charge in [-0.15, -0.1) is 0 Å². The van der Waals surface area contributed by atoms with Gasteiger partial charge in [-0.25, -0.2) is 4.79 Å². The summed E-state index contributed by atoms with van der Waals surface area (Å²) in [5.74, 6) is 1.62. The average Bonchev–Trinajstić information content (AvgIpc) is 2.40. The molecule has 20 heavy (non-hydrogen) atoms. The number of rotatable bonds is 7. The van der Waals surface area contributed by atoms with Crippen LogP contribution < -0.4 is 5.32 Å². The van der Waals surface area contributed by atoms with Gasteiger partial charge in [-0.05, 0) is 43.0 Å². The zero-order valence-electron chi connectivity index (χ0n) is 12.5. The molecule has 0 aromatic carbocycles. The highest BCUT2D eigenvalue weighted by molar-refractivity contribution is 7.99. The van der Waals surface area contributed by atoms with E-state index in [1.54, 1.807) is 11.8 Å². The SMILES string of the molecule is CCOC(=O)C1(NCCCN=[N+]=[N-])CSCCC1(C)C. The molecular weight excluding hydrogens is 276 g/mol. The van der Waals surface area contributed by atoms with Crippen molar-refractivity contribution in [2.24, 2.45) is 10.5 Å². The van der Waals surface area contributed by atoms with Crippen LogP contribution in [0.1, 0.15) is 33.6 Å².